The molecule has 24 heavy (non-hydrogen) atoms. The van der Waals surface area contributed by atoms with E-state index in [1.54, 1.807) is 0 Å². The number of amides is 2. The van der Waals surface area contributed by atoms with Gasteiger partial charge in [-0.15, -0.1) is 0 Å². The van der Waals surface area contributed by atoms with Crippen LogP contribution >= 0.6 is 0 Å². The van der Waals surface area contributed by atoms with Crippen molar-refractivity contribution in [2.75, 3.05) is 7.11 Å². The molecule has 0 radical (unpaired) electrons. The van der Waals surface area contributed by atoms with E-state index < -0.39 is 23.3 Å². The van der Waals surface area contributed by atoms with E-state index in [9.17, 15) is 14.4 Å². The van der Waals surface area contributed by atoms with Gasteiger partial charge in [-0.1, -0.05) is 50.1 Å². The normalized spacial score (nSPS) is 20.1. The first-order valence-corrected chi connectivity index (χ1v) is 8.19. The van der Waals surface area contributed by atoms with E-state index in [4.69, 9.17) is 10.5 Å². The van der Waals surface area contributed by atoms with Gasteiger partial charge in [-0.3, -0.25) is 19.3 Å². The smallest absolute Gasteiger partial charge is 0.326 e. The van der Waals surface area contributed by atoms with Crippen molar-refractivity contribution in [3.63, 3.8) is 0 Å². The summed E-state index contributed by atoms with van der Waals surface area (Å²) in [4.78, 5) is 38.5. The zero-order valence-electron chi connectivity index (χ0n) is 14.2. The molecule has 0 saturated carbocycles. The van der Waals surface area contributed by atoms with E-state index in [-0.39, 0.29) is 18.9 Å². The molecule has 130 valence electrons. The number of imide groups is 1. The Labute approximate surface area is 142 Å². The van der Waals surface area contributed by atoms with Crippen molar-refractivity contribution in [3.05, 3.63) is 35.9 Å². The Kier molecular flexibility index (Phi) is 5.72. The lowest BCUT2D eigenvalue weighted by molar-refractivity contribution is -0.153. The third-order valence-corrected chi connectivity index (χ3v) is 4.56. The standard InChI is InChI=1S/C18H24N2O4/c1-3-4-10-18(19,17(23)24-2)14-11-15(21)20(16(14)22)12-13-8-6-5-7-9-13/h5-9,14H,3-4,10-12,19H2,1-2H3/t14-,18+/m1/s1. The number of nitrogens with two attached hydrogens (primary N) is 1. The number of esters is 1. The highest BCUT2D eigenvalue weighted by molar-refractivity contribution is 6.06. The van der Waals surface area contributed by atoms with E-state index in [1.807, 2.05) is 37.3 Å². The van der Waals surface area contributed by atoms with Crippen LogP contribution in [-0.4, -0.2) is 35.3 Å². The molecule has 2 rings (SSSR count). The van der Waals surface area contributed by atoms with E-state index in [0.717, 1.165) is 12.0 Å². The fourth-order valence-corrected chi connectivity index (χ4v) is 3.10. The maximum Gasteiger partial charge on any atom is 0.326 e. The molecule has 1 aliphatic rings. The number of benzene rings is 1. The zero-order chi connectivity index (χ0) is 17.7. The van der Waals surface area contributed by atoms with E-state index in [1.165, 1.54) is 12.0 Å². The van der Waals surface area contributed by atoms with Crippen LogP contribution in [0, 0.1) is 5.92 Å². The maximum atomic E-state index is 12.8. The first kappa shape index (κ1) is 18.1. The van der Waals surface area contributed by atoms with Crippen LogP contribution in [0.1, 0.15) is 38.2 Å². The molecule has 1 aliphatic heterocycles. The summed E-state index contributed by atoms with van der Waals surface area (Å²) < 4.78 is 4.82. The summed E-state index contributed by atoms with van der Waals surface area (Å²) in [6, 6.07) is 9.26. The number of carbonyl (C=O) groups excluding carboxylic acids is 3. The highest BCUT2D eigenvalue weighted by atomic mass is 16.5. The molecule has 1 heterocycles. The maximum absolute atomic E-state index is 12.8. The Morgan fingerprint density at radius 1 is 1.33 bits per heavy atom. The molecule has 1 saturated heterocycles. The van der Waals surface area contributed by atoms with Gasteiger partial charge in [0.1, 0.15) is 5.54 Å². The second kappa shape index (κ2) is 7.57. The summed E-state index contributed by atoms with van der Waals surface area (Å²) in [6.45, 7) is 2.17. The number of rotatable bonds is 7. The molecular formula is C18H24N2O4. The zero-order valence-corrected chi connectivity index (χ0v) is 14.2. The number of likely N-dealkylation sites (tertiary alicyclic amines) is 1. The molecule has 0 spiro atoms. The fourth-order valence-electron chi connectivity index (χ4n) is 3.10. The van der Waals surface area contributed by atoms with Crippen LogP contribution in [-0.2, 0) is 25.7 Å². The number of unbranched alkanes of at least 4 members (excludes halogenated alkanes) is 1. The third kappa shape index (κ3) is 3.48. The third-order valence-electron chi connectivity index (χ3n) is 4.56. The van der Waals surface area contributed by atoms with Crippen molar-refractivity contribution in [3.8, 4) is 0 Å². The first-order chi connectivity index (χ1) is 11.4. The summed E-state index contributed by atoms with van der Waals surface area (Å²) in [6.07, 6.45) is 1.78. The van der Waals surface area contributed by atoms with Crippen LogP contribution in [0.15, 0.2) is 30.3 Å². The minimum atomic E-state index is -1.46. The summed E-state index contributed by atoms with van der Waals surface area (Å²) in [7, 11) is 1.25. The number of methoxy groups -OCH3 is 1. The lowest BCUT2D eigenvalue weighted by atomic mass is 9.79. The number of hydrogen-bond acceptors (Lipinski definition) is 5. The van der Waals surface area contributed by atoms with E-state index >= 15 is 0 Å². The van der Waals surface area contributed by atoms with Crippen molar-refractivity contribution >= 4 is 17.8 Å². The molecule has 1 aromatic rings. The molecule has 0 aliphatic carbocycles. The molecule has 1 fully saturated rings. The molecule has 0 bridgehead atoms. The fraction of sp³-hybridized carbons (Fsp3) is 0.500. The molecular weight excluding hydrogens is 308 g/mol. The molecule has 6 heteroatoms. The van der Waals surface area contributed by atoms with Crippen LogP contribution in [0.2, 0.25) is 0 Å². The second-order valence-corrected chi connectivity index (χ2v) is 6.20. The van der Waals surface area contributed by atoms with Gasteiger partial charge in [-0.2, -0.15) is 0 Å². The van der Waals surface area contributed by atoms with Crippen LogP contribution in [0.3, 0.4) is 0 Å². The Morgan fingerprint density at radius 3 is 2.58 bits per heavy atom. The lowest BCUT2D eigenvalue weighted by Crippen LogP contribution is -2.57. The second-order valence-electron chi connectivity index (χ2n) is 6.20. The highest BCUT2D eigenvalue weighted by Crippen LogP contribution is 2.33. The van der Waals surface area contributed by atoms with Gasteiger partial charge in [0.2, 0.25) is 11.8 Å². The number of ether oxygens (including phenoxy) is 1. The summed E-state index contributed by atoms with van der Waals surface area (Å²) in [5.74, 6) is -2.20. The average molecular weight is 332 g/mol. The van der Waals surface area contributed by atoms with Crippen LogP contribution < -0.4 is 5.73 Å². The summed E-state index contributed by atoms with van der Waals surface area (Å²) in [5, 5.41) is 0. The lowest BCUT2D eigenvalue weighted by Gasteiger charge is -2.31. The molecule has 0 unspecified atom stereocenters. The van der Waals surface area contributed by atoms with Gasteiger partial charge in [0.25, 0.3) is 0 Å². The van der Waals surface area contributed by atoms with Gasteiger partial charge < -0.3 is 10.5 Å². The van der Waals surface area contributed by atoms with E-state index in [2.05, 4.69) is 0 Å². The van der Waals surface area contributed by atoms with Crippen LogP contribution in [0.4, 0.5) is 0 Å². The monoisotopic (exact) mass is 332 g/mol. The number of carbonyl (C=O) groups is 3. The van der Waals surface area contributed by atoms with E-state index in [0.29, 0.717) is 12.8 Å². The van der Waals surface area contributed by atoms with Gasteiger partial charge in [0, 0.05) is 6.42 Å². The minimum absolute atomic E-state index is 0.0546. The molecule has 0 aromatic heterocycles. The SMILES string of the molecule is CCCC[C@@](N)(C(=O)OC)[C@@H]1CC(=O)N(Cc2ccccc2)C1=O. The minimum Gasteiger partial charge on any atom is -0.468 e. The summed E-state index contributed by atoms with van der Waals surface area (Å²) >= 11 is 0. The van der Waals surface area contributed by atoms with Crippen LogP contribution in [0.25, 0.3) is 0 Å². The molecule has 6 nitrogen and oxygen atoms in total. The van der Waals surface area contributed by atoms with Crippen molar-refractivity contribution < 1.29 is 19.1 Å². The van der Waals surface area contributed by atoms with Gasteiger partial charge in [-0.25, -0.2) is 0 Å². The van der Waals surface area contributed by atoms with Gasteiger partial charge in [0.15, 0.2) is 0 Å². The number of hydrogen-bond donors (Lipinski definition) is 1. The molecule has 2 atom stereocenters. The van der Waals surface area contributed by atoms with Crippen molar-refractivity contribution in [2.45, 2.75) is 44.7 Å². The van der Waals surface area contributed by atoms with Crippen LogP contribution in [0.5, 0.6) is 0 Å². The largest absolute Gasteiger partial charge is 0.468 e. The quantitative estimate of drug-likeness (QED) is 0.605. The van der Waals surface area contributed by atoms with Crippen molar-refractivity contribution in [2.24, 2.45) is 11.7 Å². The predicted octanol–water partition coefficient (Wildman–Crippen LogP) is 1.62. The predicted molar refractivity (Wildman–Crippen MR) is 88.6 cm³/mol. The highest BCUT2D eigenvalue weighted by Gasteiger charge is 2.53. The van der Waals surface area contributed by atoms with Gasteiger partial charge in [0.05, 0.1) is 19.6 Å². The first-order valence-electron chi connectivity index (χ1n) is 8.19. The van der Waals surface area contributed by atoms with Gasteiger partial charge in [-0.05, 0) is 12.0 Å². The van der Waals surface area contributed by atoms with Gasteiger partial charge >= 0.3 is 5.97 Å². The molecule has 2 amide bonds. The topological polar surface area (TPSA) is 89.7 Å². The number of nitrogens with zero attached hydrogens (tertiary/aromatic N) is 1. The molecule has 2 N–H and O–H groups in total. The Morgan fingerprint density at radius 2 is 2.00 bits per heavy atom. The molecule has 1 aromatic carbocycles. The van der Waals surface area contributed by atoms with Crippen molar-refractivity contribution in [1.82, 2.24) is 4.90 Å². The Hall–Kier alpha value is -2.21. The summed E-state index contributed by atoms with van der Waals surface area (Å²) in [5.41, 5.74) is 5.68. The van der Waals surface area contributed by atoms with Crippen molar-refractivity contribution in [1.29, 1.82) is 0 Å². The Bertz CT molecular complexity index is 617. The Balaban J connectivity index is 2.23. The average Bonchev–Trinajstić information content (AvgIpc) is 2.88.